The van der Waals surface area contributed by atoms with Gasteiger partial charge in [-0.15, -0.1) is 0 Å². The van der Waals surface area contributed by atoms with Crippen LogP contribution in [0.15, 0.2) is 35.3 Å². The smallest absolute Gasteiger partial charge is 0.269 e. The summed E-state index contributed by atoms with van der Waals surface area (Å²) in [5, 5.41) is 20.9. The molecule has 1 aliphatic heterocycles. The van der Waals surface area contributed by atoms with Gasteiger partial charge in [0, 0.05) is 11.5 Å². The number of benzene rings is 1. The maximum absolute atomic E-state index is 13.9. The maximum atomic E-state index is 13.9. The van der Waals surface area contributed by atoms with E-state index in [0.717, 1.165) is 44.1 Å². The van der Waals surface area contributed by atoms with E-state index < -0.39 is 11.0 Å². The number of aliphatic hydroxyl groups is 1. The van der Waals surface area contributed by atoms with Crippen molar-refractivity contribution in [3.63, 3.8) is 0 Å². The summed E-state index contributed by atoms with van der Waals surface area (Å²) in [5.41, 5.74) is 0.260. The lowest BCUT2D eigenvalue weighted by Gasteiger charge is -2.41. The van der Waals surface area contributed by atoms with Crippen LogP contribution in [0.3, 0.4) is 0 Å². The first-order chi connectivity index (χ1) is 14.7. The largest absolute Gasteiger partial charge is 0.390 e. The van der Waals surface area contributed by atoms with Crippen LogP contribution in [0.25, 0.3) is 0 Å². The first-order valence-electron chi connectivity index (χ1n) is 11.8. The molecule has 1 aromatic carbocycles. The molecule has 4 rings (SSSR count). The normalized spacial score (nSPS) is 38.0. The first-order valence-corrected chi connectivity index (χ1v) is 11.8. The minimum Gasteiger partial charge on any atom is -0.390 e. The van der Waals surface area contributed by atoms with Gasteiger partial charge in [0.25, 0.3) is 5.91 Å². The van der Waals surface area contributed by atoms with Gasteiger partial charge in [-0.3, -0.25) is 9.79 Å². The summed E-state index contributed by atoms with van der Waals surface area (Å²) in [4.78, 5) is 20.6. The predicted molar refractivity (Wildman–Crippen MR) is 121 cm³/mol. The standard InChI is InChI=1S/C26H35N3O2/c1-18-8-7-11-25(2,17-26(3,31)14-18)23(28-16-19-9-5-4-6-10-19)24(30)29-21(15-27)12-20-13-22(20)29/h4-6,9-10,18,20-22,31H,7-8,11-14,16-17H2,1-3H3/b28-23+/t18?,20?,21?,22?,25?,26-/m0/s1. The van der Waals surface area contributed by atoms with Gasteiger partial charge in [-0.25, -0.2) is 0 Å². The molecular weight excluding hydrogens is 386 g/mol. The van der Waals surface area contributed by atoms with Crippen LogP contribution in [-0.4, -0.2) is 39.3 Å². The zero-order valence-corrected chi connectivity index (χ0v) is 19.1. The SMILES string of the molecule is CC1CCCC(C)(/C(=N/Cc2ccccc2)C(=O)N2C(C#N)CC3CC32)C[C@@](C)(O)C1. The Morgan fingerprint density at radius 2 is 2.03 bits per heavy atom. The minimum atomic E-state index is -0.843. The zero-order chi connectivity index (χ0) is 22.2. The van der Waals surface area contributed by atoms with Crippen LogP contribution in [0.4, 0.5) is 0 Å². The molecule has 1 saturated heterocycles. The molecule has 0 aromatic heterocycles. The summed E-state index contributed by atoms with van der Waals surface area (Å²) in [6.07, 6.45) is 5.92. The number of rotatable bonds is 4. The molecule has 1 N–H and O–H groups in total. The second-order valence-corrected chi connectivity index (χ2v) is 10.7. The van der Waals surface area contributed by atoms with Crippen LogP contribution >= 0.6 is 0 Å². The van der Waals surface area contributed by atoms with Gasteiger partial charge in [0.1, 0.15) is 11.8 Å². The summed E-state index contributed by atoms with van der Waals surface area (Å²) in [6, 6.07) is 12.2. The van der Waals surface area contributed by atoms with Crippen molar-refractivity contribution in [1.82, 2.24) is 4.90 Å². The van der Waals surface area contributed by atoms with E-state index in [1.807, 2.05) is 42.2 Å². The van der Waals surface area contributed by atoms with E-state index in [1.165, 1.54) is 0 Å². The molecule has 0 spiro atoms. The molecule has 166 valence electrons. The molecule has 31 heavy (non-hydrogen) atoms. The summed E-state index contributed by atoms with van der Waals surface area (Å²) in [6.45, 7) is 6.63. The Labute approximate surface area is 186 Å². The third-order valence-electron chi connectivity index (χ3n) is 7.51. The van der Waals surface area contributed by atoms with Crippen molar-refractivity contribution in [3.8, 4) is 6.07 Å². The molecule has 1 amide bonds. The highest BCUT2D eigenvalue weighted by Gasteiger charge is 2.56. The second kappa shape index (κ2) is 8.39. The average Bonchev–Trinajstić information content (AvgIpc) is 3.36. The van der Waals surface area contributed by atoms with Gasteiger partial charge in [-0.1, -0.05) is 57.0 Å². The number of nitrogens with zero attached hydrogens (tertiary/aromatic N) is 3. The molecule has 0 bridgehead atoms. The molecule has 3 fully saturated rings. The van der Waals surface area contributed by atoms with Crippen LogP contribution in [0.2, 0.25) is 0 Å². The number of aliphatic imine (C=N–C) groups is 1. The van der Waals surface area contributed by atoms with E-state index in [1.54, 1.807) is 0 Å². The molecule has 2 saturated carbocycles. The number of hydrogen-bond acceptors (Lipinski definition) is 4. The number of hydrogen-bond donors (Lipinski definition) is 1. The molecule has 5 heteroatoms. The lowest BCUT2D eigenvalue weighted by Crippen LogP contribution is -2.50. The Bertz CT molecular complexity index is 888. The Hall–Kier alpha value is -2.19. The summed E-state index contributed by atoms with van der Waals surface area (Å²) >= 11 is 0. The quantitative estimate of drug-likeness (QED) is 0.727. The molecule has 1 heterocycles. The Morgan fingerprint density at radius 3 is 2.74 bits per heavy atom. The Balaban J connectivity index is 1.69. The molecule has 6 atom stereocenters. The van der Waals surface area contributed by atoms with Crippen molar-refractivity contribution in [3.05, 3.63) is 35.9 Å². The number of amides is 1. The summed E-state index contributed by atoms with van der Waals surface area (Å²) in [7, 11) is 0. The summed E-state index contributed by atoms with van der Waals surface area (Å²) in [5.74, 6) is 0.853. The highest BCUT2D eigenvalue weighted by atomic mass is 16.3. The Morgan fingerprint density at radius 1 is 1.29 bits per heavy atom. The number of carbonyl (C=O) groups excluding carboxylic acids is 1. The van der Waals surface area contributed by atoms with Crippen molar-refractivity contribution in [2.75, 3.05) is 0 Å². The van der Waals surface area contributed by atoms with Gasteiger partial charge in [0.2, 0.25) is 0 Å². The fourth-order valence-corrected chi connectivity index (χ4v) is 6.15. The van der Waals surface area contributed by atoms with E-state index in [2.05, 4.69) is 19.9 Å². The third kappa shape index (κ3) is 4.70. The number of piperidine rings is 1. The minimum absolute atomic E-state index is 0.0839. The predicted octanol–water partition coefficient (Wildman–Crippen LogP) is 4.50. The number of carbonyl (C=O) groups is 1. The van der Waals surface area contributed by atoms with E-state index in [4.69, 9.17) is 4.99 Å². The molecule has 5 unspecified atom stereocenters. The van der Waals surface area contributed by atoms with Gasteiger partial charge in [-0.05, 0) is 56.4 Å². The van der Waals surface area contributed by atoms with E-state index >= 15 is 0 Å². The van der Waals surface area contributed by atoms with Crippen molar-refractivity contribution < 1.29 is 9.90 Å². The van der Waals surface area contributed by atoms with Crippen molar-refractivity contribution in [2.24, 2.45) is 22.2 Å². The van der Waals surface area contributed by atoms with Gasteiger partial charge in [-0.2, -0.15) is 5.26 Å². The lowest BCUT2D eigenvalue weighted by molar-refractivity contribution is -0.125. The third-order valence-corrected chi connectivity index (χ3v) is 7.51. The Kier molecular flexibility index (Phi) is 5.96. The average molecular weight is 422 g/mol. The zero-order valence-electron chi connectivity index (χ0n) is 19.1. The van der Waals surface area contributed by atoms with Crippen LogP contribution in [0.1, 0.15) is 71.3 Å². The maximum Gasteiger partial charge on any atom is 0.269 e. The van der Waals surface area contributed by atoms with Crippen molar-refractivity contribution in [1.29, 1.82) is 5.26 Å². The van der Waals surface area contributed by atoms with E-state index in [0.29, 0.717) is 30.5 Å². The first kappa shape index (κ1) is 22.0. The van der Waals surface area contributed by atoms with E-state index in [9.17, 15) is 15.2 Å². The monoisotopic (exact) mass is 421 g/mol. The van der Waals surface area contributed by atoms with Gasteiger partial charge in [0.15, 0.2) is 0 Å². The van der Waals surface area contributed by atoms with Crippen LogP contribution in [0.5, 0.6) is 0 Å². The second-order valence-electron chi connectivity index (χ2n) is 10.7. The van der Waals surface area contributed by atoms with Gasteiger partial charge in [0.05, 0.1) is 18.2 Å². The molecular formula is C26H35N3O2. The summed E-state index contributed by atoms with van der Waals surface area (Å²) < 4.78 is 0. The molecule has 1 aromatic rings. The topological polar surface area (TPSA) is 76.7 Å². The number of nitriles is 1. The fraction of sp³-hybridized carbons (Fsp3) is 0.654. The van der Waals surface area contributed by atoms with Gasteiger partial charge >= 0.3 is 0 Å². The van der Waals surface area contributed by atoms with Crippen molar-refractivity contribution in [2.45, 2.75) is 89.9 Å². The van der Waals surface area contributed by atoms with Crippen molar-refractivity contribution >= 4 is 11.6 Å². The number of likely N-dealkylation sites (tertiary alicyclic amines) is 1. The molecule has 3 aliphatic rings. The van der Waals surface area contributed by atoms with Crippen LogP contribution in [-0.2, 0) is 11.3 Å². The fourth-order valence-electron chi connectivity index (χ4n) is 6.15. The number of fused-ring (bicyclic) bond motifs is 1. The molecule has 2 aliphatic carbocycles. The lowest BCUT2D eigenvalue weighted by atomic mass is 9.67. The van der Waals surface area contributed by atoms with Crippen LogP contribution in [0, 0.1) is 28.6 Å². The van der Waals surface area contributed by atoms with Gasteiger partial charge < -0.3 is 10.0 Å². The molecule has 0 radical (unpaired) electrons. The highest BCUT2D eigenvalue weighted by Crippen LogP contribution is 2.49. The van der Waals surface area contributed by atoms with Crippen LogP contribution < -0.4 is 0 Å². The molecule has 5 nitrogen and oxygen atoms in total. The van der Waals surface area contributed by atoms with E-state index in [-0.39, 0.29) is 18.0 Å². The highest BCUT2D eigenvalue weighted by molar-refractivity contribution is 6.41.